The van der Waals surface area contributed by atoms with Gasteiger partial charge >= 0.3 is 0 Å². The molecule has 3 heteroatoms. The normalized spacial score (nSPS) is 10.8. The monoisotopic (exact) mass is 247 g/mol. The second-order valence-electron chi connectivity index (χ2n) is 3.89. The number of benzene rings is 1. The van der Waals surface area contributed by atoms with Gasteiger partial charge in [-0.15, -0.1) is 0 Å². The molecular formula is C15H21NO2. The standard InChI is InChI=1S/C15H21NO2/c1-3-16(4-2)15(17)13-18-12-8-11-14-9-6-5-7-10-14/h5-11H,3-4,12-13H2,1-2H3/b11-8+. The predicted molar refractivity (Wildman–Crippen MR) is 74.2 cm³/mol. The second-order valence-corrected chi connectivity index (χ2v) is 3.89. The van der Waals surface area contributed by atoms with Gasteiger partial charge in [0.2, 0.25) is 5.91 Å². The van der Waals surface area contributed by atoms with Gasteiger partial charge in [-0.25, -0.2) is 0 Å². The Kier molecular flexibility index (Phi) is 6.81. The Labute approximate surface area is 109 Å². The highest BCUT2D eigenvalue weighted by Gasteiger charge is 2.07. The molecule has 0 aliphatic carbocycles. The molecule has 0 saturated carbocycles. The first-order valence-electron chi connectivity index (χ1n) is 6.35. The van der Waals surface area contributed by atoms with E-state index in [9.17, 15) is 4.79 Å². The fraction of sp³-hybridized carbons (Fsp3) is 0.400. The Morgan fingerprint density at radius 2 is 1.89 bits per heavy atom. The number of hydrogen-bond acceptors (Lipinski definition) is 2. The zero-order valence-electron chi connectivity index (χ0n) is 11.1. The minimum absolute atomic E-state index is 0.0492. The number of nitrogens with zero attached hydrogens (tertiary/aromatic N) is 1. The summed E-state index contributed by atoms with van der Waals surface area (Å²) in [6.45, 7) is 6.02. The molecule has 0 heterocycles. The second kappa shape index (κ2) is 8.48. The number of carbonyl (C=O) groups excluding carboxylic acids is 1. The Morgan fingerprint density at radius 3 is 2.50 bits per heavy atom. The fourth-order valence-electron chi connectivity index (χ4n) is 1.63. The van der Waals surface area contributed by atoms with Crippen LogP contribution in [0.2, 0.25) is 0 Å². The summed E-state index contributed by atoms with van der Waals surface area (Å²) in [7, 11) is 0. The van der Waals surface area contributed by atoms with Gasteiger partial charge in [0.05, 0.1) is 6.61 Å². The number of hydrogen-bond donors (Lipinski definition) is 0. The zero-order chi connectivity index (χ0) is 13.2. The van der Waals surface area contributed by atoms with Crippen molar-refractivity contribution in [2.75, 3.05) is 26.3 Å². The zero-order valence-corrected chi connectivity index (χ0v) is 11.1. The molecule has 1 aromatic carbocycles. The lowest BCUT2D eigenvalue weighted by Crippen LogP contribution is -2.33. The van der Waals surface area contributed by atoms with E-state index in [-0.39, 0.29) is 12.5 Å². The maximum absolute atomic E-state index is 11.6. The fourth-order valence-corrected chi connectivity index (χ4v) is 1.63. The van der Waals surface area contributed by atoms with Crippen molar-refractivity contribution in [3.05, 3.63) is 42.0 Å². The molecule has 0 aromatic heterocycles. The molecule has 0 atom stereocenters. The van der Waals surface area contributed by atoms with Crippen LogP contribution in [-0.2, 0) is 9.53 Å². The molecule has 18 heavy (non-hydrogen) atoms. The first-order valence-corrected chi connectivity index (χ1v) is 6.35. The van der Waals surface area contributed by atoms with Crippen LogP contribution < -0.4 is 0 Å². The van der Waals surface area contributed by atoms with E-state index < -0.39 is 0 Å². The molecule has 0 unspecified atom stereocenters. The SMILES string of the molecule is CCN(CC)C(=O)COC/C=C/c1ccccc1. The van der Waals surface area contributed by atoms with Crippen molar-refractivity contribution in [2.45, 2.75) is 13.8 Å². The lowest BCUT2D eigenvalue weighted by Gasteiger charge is -2.17. The quantitative estimate of drug-likeness (QED) is 0.693. The van der Waals surface area contributed by atoms with Crippen molar-refractivity contribution < 1.29 is 9.53 Å². The summed E-state index contributed by atoms with van der Waals surface area (Å²) < 4.78 is 5.32. The molecule has 1 aromatic rings. The van der Waals surface area contributed by atoms with E-state index in [2.05, 4.69) is 0 Å². The van der Waals surface area contributed by atoms with Gasteiger partial charge in [0.15, 0.2) is 0 Å². The predicted octanol–water partition coefficient (Wildman–Crippen LogP) is 2.58. The molecule has 1 rings (SSSR count). The van der Waals surface area contributed by atoms with Crippen LogP contribution >= 0.6 is 0 Å². The van der Waals surface area contributed by atoms with Crippen LogP contribution in [0.15, 0.2) is 36.4 Å². The molecule has 0 N–H and O–H groups in total. The summed E-state index contributed by atoms with van der Waals surface area (Å²) in [5, 5.41) is 0. The number of ether oxygens (including phenoxy) is 1. The molecule has 0 spiro atoms. The topological polar surface area (TPSA) is 29.5 Å². The molecule has 1 amide bonds. The average Bonchev–Trinajstić information content (AvgIpc) is 2.41. The molecule has 0 aliphatic rings. The van der Waals surface area contributed by atoms with Gasteiger partial charge in [-0.2, -0.15) is 0 Å². The summed E-state index contributed by atoms with van der Waals surface area (Å²) in [4.78, 5) is 13.4. The third-order valence-corrected chi connectivity index (χ3v) is 2.67. The molecule has 0 radical (unpaired) electrons. The molecule has 0 aliphatic heterocycles. The summed E-state index contributed by atoms with van der Waals surface area (Å²) >= 11 is 0. The molecular weight excluding hydrogens is 226 g/mol. The van der Waals surface area contributed by atoms with Crippen LogP contribution in [0.3, 0.4) is 0 Å². The highest BCUT2D eigenvalue weighted by Crippen LogP contribution is 2.00. The highest BCUT2D eigenvalue weighted by atomic mass is 16.5. The summed E-state index contributed by atoms with van der Waals surface area (Å²) in [6, 6.07) is 10.0. The summed E-state index contributed by atoms with van der Waals surface area (Å²) in [5.74, 6) is 0.0492. The van der Waals surface area contributed by atoms with E-state index in [4.69, 9.17) is 4.74 Å². The van der Waals surface area contributed by atoms with Crippen LogP contribution in [0.4, 0.5) is 0 Å². The van der Waals surface area contributed by atoms with E-state index in [0.717, 1.165) is 18.7 Å². The van der Waals surface area contributed by atoms with Crippen LogP contribution in [0, 0.1) is 0 Å². The van der Waals surface area contributed by atoms with Gasteiger partial charge < -0.3 is 9.64 Å². The lowest BCUT2D eigenvalue weighted by molar-refractivity contribution is -0.135. The number of carbonyl (C=O) groups is 1. The van der Waals surface area contributed by atoms with Gasteiger partial charge in [0.1, 0.15) is 6.61 Å². The van der Waals surface area contributed by atoms with Crippen LogP contribution in [0.1, 0.15) is 19.4 Å². The van der Waals surface area contributed by atoms with Crippen molar-refractivity contribution in [1.82, 2.24) is 4.90 Å². The van der Waals surface area contributed by atoms with Gasteiger partial charge in [0.25, 0.3) is 0 Å². The highest BCUT2D eigenvalue weighted by molar-refractivity contribution is 5.77. The molecule has 0 fully saturated rings. The Bertz CT molecular complexity index is 369. The van der Waals surface area contributed by atoms with Crippen LogP contribution in [0.25, 0.3) is 6.08 Å². The van der Waals surface area contributed by atoms with Gasteiger partial charge in [0, 0.05) is 13.1 Å². The molecule has 98 valence electrons. The van der Waals surface area contributed by atoms with E-state index in [1.807, 2.05) is 56.3 Å². The van der Waals surface area contributed by atoms with Gasteiger partial charge in [-0.1, -0.05) is 42.5 Å². The maximum atomic E-state index is 11.6. The molecule has 0 bridgehead atoms. The van der Waals surface area contributed by atoms with Crippen LogP contribution in [-0.4, -0.2) is 37.1 Å². The maximum Gasteiger partial charge on any atom is 0.248 e. The Balaban J connectivity index is 2.23. The summed E-state index contributed by atoms with van der Waals surface area (Å²) in [6.07, 6.45) is 3.91. The molecule has 3 nitrogen and oxygen atoms in total. The third kappa shape index (κ3) is 5.15. The van der Waals surface area contributed by atoms with E-state index in [1.54, 1.807) is 4.90 Å². The van der Waals surface area contributed by atoms with E-state index >= 15 is 0 Å². The first kappa shape index (κ1) is 14.5. The smallest absolute Gasteiger partial charge is 0.248 e. The van der Waals surface area contributed by atoms with E-state index in [0.29, 0.717) is 6.61 Å². The number of likely N-dealkylation sites (N-methyl/N-ethyl adjacent to an activating group) is 1. The minimum Gasteiger partial charge on any atom is -0.368 e. The van der Waals surface area contributed by atoms with Gasteiger partial charge in [-0.05, 0) is 19.4 Å². The third-order valence-electron chi connectivity index (χ3n) is 2.67. The van der Waals surface area contributed by atoms with Crippen molar-refractivity contribution in [3.8, 4) is 0 Å². The number of amides is 1. The van der Waals surface area contributed by atoms with Crippen LogP contribution in [0.5, 0.6) is 0 Å². The van der Waals surface area contributed by atoms with Crippen molar-refractivity contribution in [2.24, 2.45) is 0 Å². The first-order chi connectivity index (χ1) is 8.77. The Hall–Kier alpha value is -1.61. The molecule has 0 saturated heterocycles. The van der Waals surface area contributed by atoms with Crippen molar-refractivity contribution >= 4 is 12.0 Å². The average molecular weight is 247 g/mol. The largest absolute Gasteiger partial charge is 0.368 e. The Morgan fingerprint density at radius 1 is 1.22 bits per heavy atom. The van der Waals surface area contributed by atoms with Gasteiger partial charge in [-0.3, -0.25) is 4.79 Å². The van der Waals surface area contributed by atoms with Crippen molar-refractivity contribution in [3.63, 3.8) is 0 Å². The van der Waals surface area contributed by atoms with Crippen molar-refractivity contribution in [1.29, 1.82) is 0 Å². The minimum atomic E-state index is 0.0492. The summed E-state index contributed by atoms with van der Waals surface area (Å²) in [5.41, 5.74) is 1.14. The lowest BCUT2D eigenvalue weighted by atomic mass is 10.2. The van der Waals surface area contributed by atoms with E-state index in [1.165, 1.54) is 0 Å². The number of rotatable bonds is 7.